The third-order valence-corrected chi connectivity index (χ3v) is 8.00. The Morgan fingerprint density at radius 2 is 1.79 bits per heavy atom. The van der Waals surface area contributed by atoms with Crippen LogP contribution < -0.4 is 14.4 Å². The summed E-state index contributed by atoms with van der Waals surface area (Å²) in [6.07, 6.45) is 6.19. The van der Waals surface area contributed by atoms with Crippen molar-refractivity contribution in [1.82, 2.24) is 10.2 Å². The summed E-state index contributed by atoms with van der Waals surface area (Å²) in [6.45, 7) is 1.24. The highest BCUT2D eigenvalue weighted by molar-refractivity contribution is 7.92. The van der Waals surface area contributed by atoms with E-state index in [0.29, 0.717) is 12.2 Å². The molecule has 0 aromatic heterocycles. The minimum atomic E-state index is -4.00. The Kier molecular flexibility index (Phi) is 10.3. The van der Waals surface area contributed by atoms with Gasteiger partial charge in [0.15, 0.2) is 0 Å². The number of rotatable bonds is 12. The van der Waals surface area contributed by atoms with Crippen LogP contribution >= 0.6 is 0 Å². The molecule has 2 amide bonds. The second kappa shape index (κ2) is 13.4. The number of nitro benzene ring substituents is 1. The van der Waals surface area contributed by atoms with Crippen LogP contribution in [0.5, 0.6) is 5.75 Å². The molecule has 0 heterocycles. The zero-order valence-electron chi connectivity index (χ0n) is 22.5. The predicted octanol–water partition coefficient (Wildman–Crippen LogP) is 3.63. The van der Waals surface area contributed by atoms with E-state index in [0.717, 1.165) is 54.3 Å². The van der Waals surface area contributed by atoms with Gasteiger partial charge in [-0.1, -0.05) is 44.4 Å². The fraction of sp³-hybridized carbons (Fsp3) is 0.481. The lowest BCUT2D eigenvalue weighted by Gasteiger charge is -2.34. The molecule has 0 saturated heterocycles. The molecule has 0 spiro atoms. The van der Waals surface area contributed by atoms with E-state index in [1.165, 1.54) is 23.1 Å². The number of ether oxygens (including phenoxy) is 1. The van der Waals surface area contributed by atoms with Crippen molar-refractivity contribution < 1.29 is 27.7 Å². The summed E-state index contributed by atoms with van der Waals surface area (Å²) in [5.41, 5.74) is 0.417. The molecule has 0 aliphatic heterocycles. The van der Waals surface area contributed by atoms with Gasteiger partial charge in [0.1, 0.15) is 18.3 Å². The molecular formula is C27H36N4O7S. The first-order valence-electron chi connectivity index (χ1n) is 13.0. The smallest absolute Gasteiger partial charge is 0.271 e. The number of hydrogen-bond acceptors (Lipinski definition) is 7. The molecule has 1 atom stereocenters. The second-order valence-electron chi connectivity index (χ2n) is 9.68. The number of anilines is 1. The van der Waals surface area contributed by atoms with Crippen LogP contribution in [-0.4, -0.2) is 62.0 Å². The summed E-state index contributed by atoms with van der Waals surface area (Å²) >= 11 is 0. The Hall–Kier alpha value is -3.67. The topological polar surface area (TPSA) is 139 Å². The fourth-order valence-electron chi connectivity index (χ4n) is 4.77. The predicted molar refractivity (Wildman–Crippen MR) is 148 cm³/mol. The van der Waals surface area contributed by atoms with Crippen molar-refractivity contribution >= 4 is 33.2 Å². The number of methoxy groups -OCH3 is 1. The molecule has 2 aromatic carbocycles. The summed E-state index contributed by atoms with van der Waals surface area (Å²) in [5, 5.41) is 14.4. The van der Waals surface area contributed by atoms with E-state index in [1.54, 1.807) is 38.3 Å². The maximum Gasteiger partial charge on any atom is 0.271 e. The van der Waals surface area contributed by atoms with Crippen molar-refractivity contribution in [2.75, 3.05) is 24.2 Å². The van der Waals surface area contributed by atoms with Crippen LogP contribution in [0, 0.1) is 10.1 Å². The maximum absolute atomic E-state index is 13.8. The number of benzene rings is 2. The SMILES string of the molecule is CCC(C(=O)NC1CCCCC1)N(Cc1ccc(OC)cc1)C(=O)CN(c1cccc([N+](=O)[O-])c1)S(C)(=O)=O. The number of carbonyl (C=O) groups excluding carboxylic acids is 2. The highest BCUT2D eigenvalue weighted by atomic mass is 32.2. The van der Waals surface area contributed by atoms with Gasteiger partial charge in [0, 0.05) is 24.7 Å². The van der Waals surface area contributed by atoms with Gasteiger partial charge in [-0.2, -0.15) is 0 Å². The summed E-state index contributed by atoms with van der Waals surface area (Å²) in [6, 6.07) is 11.3. The highest BCUT2D eigenvalue weighted by Crippen LogP contribution is 2.25. The maximum atomic E-state index is 13.8. The average molecular weight is 561 g/mol. The van der Waals surface area contributed by atoms with Gasteiger partial charge in [-0.05, 0) is 43.0 Å². The van der Waals surface area contributed by atoms with Crippen molar-refractivity contribution in [3.05, 3.63) is 64.2 Å². The molecule has 0 bridgehead atoms. The van der Waals surface area contributed by atoms with E-state index in [1.807, 2.05) is 0 Å². The van der Waals surface area contributed by atoms with Gasteiger partial charge in [0.25, 0.3) is 5.69 Å². The first-order valence-corrected chi connectivity index (χ1v) is 14.8. The third kappa shape index (κ3) is 8.16. The first kappa shape index (κ1) is 29.9. The Morgan fingerprint density at radius 1 is 1.13 bits per heavy atom. The zero-order valence-corrected chi connectivity index (χ0v) is 23.4. The molecule has 1 saturated carbocycles. The van der Waals surface area contributed by atoms with Crippen molar-refractivity contribution in [3.63, 3.8) is 0 Å². The zero-order chi connectivity index (χ0) is 28.6. The van der Waals surface area contributed by atoms with Crippen LogP contribution in [-0.2, 0) is 26.2 Å². The molecule has 1 unspecified atom stereocenters. The van der Waals surface area contributed by atoms with Crippen LogP contribution in [0.3, 0.4) is 0 Å². The van der Waals surface area contributed by atoms with Gasteiger partial charge in [-0.15, -0.1) is 0 Å². The Bertz CT molecular complexity index is 1260. The van der Waals surface area contributed by atoms with E-state index in [9.17, 15) is 28.1 Å². The van der Waals surface area contributed by atoms with Crippen LogP contribution in [0.4, 0.5) is 11.4 Å². The van der Waals surface area contributed by atoms with E-state index in [2.05, 4.69) is 5.32 Å². The van der Waals surface area contributed by atoms with Crippen molar-refractivity contribution in [2.24, 2.45) is 0 Å². The summed E-state index contributed by atoms with van der Waals surface area (Å²) in [7, 11) is -2.46. The minimum absolute atomic E-state index is 0.0100. The van der Waals surface area contributed by atoms with E-state index < -0.39 is 33.4 Å². The molecule has 1 fully saturated rings. The van der Waals surface area contributed by atoms with Gasteiger partial charge in [0.2, 0.25) is 21.8 Å². The Labute approximate surface area is 229 Å². The highest BCUT2D eigenvalue weighted by Gasteiger charge is 2.33. The van der Waals surface area contributed by atoms with Gasteiger partial charge in [0.05, 0.1) is 24.0 Å². The molecule has 2 aromatic rings. The van der Waals surface area contributed by atoms with Gasteiger partial charge in [-0.25, -0.2) is 8.42 Å². The van der Waals surface area contributed by atoms with Crippen LogP contribution in [0.15, 0.2) is 48.5 Å². The number of non-ortho nitro benzene ring substituents is 1. The summed E-state index contributed by atoms with van der Waals surface area (Å²) in [4.78, 5) is 39.2. The molecule has 3 rings (SSSR count). The molecule has 11 nitrogen and oxygen atoms in total. The summed E-state index contributed by atoms with van der Waals surface area (Å²) in [5.74, 6) is -0.256. The Balaban J connectivity index is 1.93. The van der Waals surface area contributed by atoms with Gasteiger partial charge >= 0.3 is 0 Å². The molecule has 1 N–H and O–H groups in total. The normalized spacial score (nSPS) is 14.7. The van der Waals surface area contributed by atoms with E-state index in [-0.39, 0.29) is 29.9 Å². The second-order valence-corrected chi connectivity index (χ2v) is 11.6. The lowest BCUT2D eigenvalue weighted by atomic mass is 9.95. The molecule has 12 heteroatoms. The molecule has 0 radical (unpaired) electrons. The minimum Gasteiger partial charge on any atom is -0.497 e. The lowest BCUT2D eigenvalue weighted by Crippen LogP contribution is -2.53. The largest absolute Gasteiger partial charge is 0.497 e. The standard InChI is InChI=1S/C27H36N4O7S/c1-4-25(27(33)28-21-9-6-5-7-10-21)29(18-20-13-15-24(38-2)16-14-20)26(32)19-30(39(3,36)37)22-11-8-12-23(17-22)31(34)35/h8,11-17,21,25H,4-7,9-10,18-19H2,1-3H3,(H,28,33). The van der Waals surface area contributed by atoms with Crippen molar-refractivity contribution in [1.29, 1.82) is 0 Å². The first-order chi connectivity index (χ1) is 18.5. The van der Waals surface area contributed by atoms with Crippen LogP contribution in [0.25, 0.3) is 0 Å². The van der Waals surface area contributed by atoms with Crippen molar-refractivity contribution in [2.45, 2.75) is 64.1 Å². The third-order valence-electron chi connectivity index (χ3n) is 6.86. The Morgan fingerprint density at radius 3 is 2.36 bits per heavy atom. The van der Waals surface area contributed by atoms with Crippen LogP contribution in [0.1, 0.15) is 51.0 Å². The van der Waals surface area contributed by atoms with Crippen molar-refractivity contribution in [3.8, 4) is 5.75 Å². The van der Waals surface area contributed by atoms with Gasteiger partial charge < -0.3 is 15.0 Å². The fourth-order valence-corrected chi connectivity index (χ4v) is 5.61. The molecule has 212 valence electrons. The number of nitrogens with zero attached hydrogens (tertiary/aromatic N) is 3. The number of hydrogen-bond donors (Lipinski definition) is 1. The monoisotopic (exact) mass is 560 g/mol. The lowest BCUT2D eigenvalue weighted by molar-refractivity contribution is -0.384. The average Bonchev–Trinajstić information content (AvgIpc) is 2.91. The van der Waals surface area contributed by atoms with Gasteiger partial charge in [-0.3, -0.25) is 24.0 Å². The number of carbonyl (C=O) groups is 2. The number of nitrogens with one attached hydrogen (secondary N) is 1. The molecule has 1 aliphatic rings. The quantitative estimate of drug-likeness (QED) is 0.309. The van der Waals surface area contributed by atoms with E-state index in [4.69, 9.17) is 4.74 Å². The number of nitro groups is 1. The molecular weight excluding hydrogens is 524 g/mol. The molecule has 39 heavy (non-hydrogen) atoms. The van der Waals surface area contributed by atoms with E-state index >= 15 is 0 Å². The van der Waals surface area contributed by atoms with Crippen LogP contribution in [0.2, 0.25) is 0 Å². The number of sulfonamides is 1. The summed E-state index contributed by atoms with van der Waals surface area (Å²) < 4.78 is 31.5. The number of amides is 2. The molecule has 1 aliphatic carbocycles.